The highest BCUT2D eigenvalue weighted by Gasteiger charge is 2.15. The van der Waals surface area contributed by atoms with E-state index in [1.807, 2.05) is 91.0 Å². The number of anilines is 5. The van der Waals surface area contributed by atoms with Crippen molar-refractivity contribution in [3.63, 3.8) is 0 Å². The summed E-state index contributed by atoms with van der Waals surface area (Å²) in [5.41, 5.74) is 41.3. The zero-order valence-corrected chi connectivity index (χ0v) is 26.9. The summed E-state index contributed by atoms with van der Waals surface area (Å²) in [6.07, 6.45) is 0. The SMILES string of the molecule is C.C.N#Cc1ccccc1N.Nc1ccccc1-c1nnc(-c2ccccc2N)nn1.Nc1ccccc1C1=NNC(c2ccccc2N)=NN1.O=O. The summed E-state index contributed by atoms with van der Waals surface area (Å²) in [5.74, 6) is 1.92. The molecule has 16 heteroatoms. The Bertz CT molecular complexity index is 2060. The molecule has 270 valence electrons. The second kappa shape index (κ2) is 20.6. The summed E-state index contributed by atoms with van der Waals surface area (Å²) in [5, 5.41) is 33.2. The minimum absolute atomic E-state index is 0. The van der Waals surface area contributed by atoms with Gasteiger partial charge in [-0.25, -0.2) is 0 Å². The minimum atomic E-state index is 0. The molecule has 0 radical (unpaired) electrons. The summed E-state index contributed by atoms with van der Waals surface area (Å²) in [7, 11) is 0. The first kappa shape index (κ1) is 41.2. The maximum atomic E-state index is 8.39. The Balaban J connectivity index is 0.000000280. The quantitative estimate of drug-likeness (QED) is 0.114. The maximum Gasteiger partial charge on any atom is 0.205 e. The number of amidine groups is 2. The number of nitrogens with two attached hydrogens (primary N) is 5. The smallest absolute Gasteiger partial charge is 0.205 e. The van der Waals surface area contributed by atoms with Crippen LogP contribution in [0.2, 0.25) is 0 Å². The second-order valence-electron chi connectivity index (χ2n) is 10.2. The lowest BCUT2D eigenvalue weighted by Crippen LogP contribution is -2.35. The van der Waals surface area contributed by atoms with Gasteiger partial charge >= 0.3 is 0 Å². The van der Waals surface area contributed by atoms with E-state index in [-0.39, 0.29) is 14.9 Å². The number of benzene rings is 5. The van der Waals surface area contributed by atoms with Gasteiger partial charge in [0.15, 0.2) is 11.7 Å². The molecule has 1 aliphatic rings. The van der Waals surface area contributed by atoms with Gasteiger partial charge < -0.3 is 28.7 Å². The predicted octanol–water partition coefficient (Wildman–Crippen LogP) is 5.31. The lowest BCUT2D eigenvalue weighted by Gasteiger charge is -2.16. The number of nitrogens with zero attached hydrogens (tertiary/aromatic N) is 7. The zero-order valence-electron chi connectivity index (χ0n) is 26.9. The third kappa shape index (κ3) is 10.8. The molecule has 0 spiro atoms. The number of hydrogen-bond donors (Lipinski definition) is 7. The standard InChI is InChI=1S/C14H14N6.C14H12N6.C7H6N2.2CH4.O2/c2*15-11-7-3-1-5-9(11)13-17-19-14(20-18-13)10-6-2-4-8-12(10)16;8-5-6-3-1-2-4-7(6)9;;;1-2/h1-8H,15-16H2,(H,17,18)(H,19,20);1-8H,15-16H2;1-4H,9H2;2*1H4;. The van der Waals surface area contributed by atoms with Crippen molar-refractivity contribution in [3.8, 4) is 28.8 Å². The highest BCUT2D eigenvalue weighted by atomic mass is 16.7. The summed E-state index contributed by atoms with van der Waals surface area (Å²) < 4.78 is 0. The van der Waals surface area contributed by atoms with Gasteiger partial charge in [0.25, 0.3) is 0 Å². The van der Waals surface area contributed by atoms with Gasteiger partial charge in [0.2, 0.25) is 11.6 Å². The van der Waals surface area contributed by atoms with Crippen molar-refractivity contribution in [1.82, 2.24) is 31.2 Å². The fourth-order valence-electron chi connectivity index (χ4n) is 4.38. The molecule has 0 amide bonds. The van der Waals surface area contributed by atoms with Crippen LogP contribution in [-0.4, -0.2) is 32.1 Å². The minimum Gasteiger partial charge on any atom is -0.398 e. The first-order chi connectivity index (χ1) is 24.9. The van der Waals surface area contributed by atoms with E-state index in [9.17, 15) is 0 Å². The molecule has 16 nitrogen and oxygen atoms in total. The van der Waals surface area contributed by atoms with E-state index < -0.39 is 0 Å². The van der Waals surface area contributed by atoms with E-state index in [2.05, 4.69) is 41.4 Å². The van der Waals surface area contributed by atoms with Crippen LogP contribution in [-0.2, 0) is 0 Å². The summed E-state index contributed by atoms with van der Waals surface area (Å²) in [6, 6.07) is 38.5. The van der Waals surface area contributed by atoms with Gasteiger partial charge in [-0.1, -0.05) is 75.5 Å². The normalized spacial score (nSPS) is 10.6. The number of nitrogens with one attached hydrogen (secondary N) is 2. The summed E-state index contributed by atoms with van der Waals surface area (Å²) in [6.45, 7) is 0. The molecule has 0 aliphatic carbocycles. The van der Waals surface area contributed by atoms with E-state index in [0.29, 0.717) is 68.4 Å². The van der Waals surface area contributed by atoms with Crippen molar-refractivity contribution in [2.45, 2.75) is 14.9 Å². The highest BCUT2D eigenvalue weighted by molar-refractivity contribution is 6.09. The Labute approximate surface area is 306 Å². The average molecular weight is 713 g/mol. The second-order valence-corrected chi connectivity index (χ2v) is 10.2. The molecule has 6 aromatic rings. The monoisotopic (exact) mass is 712 g/mol. The molecule has 7 rings (SSSR count). The molecule has 0 unspecified atom stereocenters. The largest absolute Gasteiger partial charge is 0.398 e. The van der Waals surface area contributed by atoms with Crippen LogP contribution < -0.4 is 39.5 Å². The molecule has 5 aromatic carbocycles. The number of aromatic nitrogens is 4. The molecule has 2 heterocycles. The van der Waals surface area contributed by atoms with E-state index in [0.717, 1.165) is 11.1 Å². The maximum absolute atomic E-state index is 8.39. The zero-order chi connectivity index (χ0) is 36.6. The van der Waals surface area contributed by atoms with E-state index in [1.54, 1.807) is 36.4 Å². The molecule has 0 atom stereocenters. The van der Waals surface area contributed by atoms with Crippen molar-refractivity contribution in [2.24, 2.45) is 10.2 Å². The summed E-state index contributed by atoms with van der Waals surface area (Å²) in [4.78, 5) is 14.0. The van der Waals surface area contributed by atoms with Crippen molar-refractivity contribution < 1.29 is 0 Å². The van der Waals surface area contributed by atoms with Crippen LogP contribution in [0, 0.1) is 21.3 Å². The van der Waals surface area contributed by atoms with Gasteiger partial charge in [0, 0.05) is 60.6 Å². The van der Waals surface area contributed by atoms with Crippen LogP contribution >= 0.6 is 0 Å². The van der Waals surface area contributed by atoms with Crippen LogP contribution in [0.15, 0.2) is 132 Å². The van der Waals surface area contributed by atoms with Crippen LogP contribution in [0.3, 0.4) is 0 Å². The third-order valence-electron chi connectivity index (χ3n) is 6.94. The topological polar surface area (TPSA) is 288 Å². The van der Waals surface area contributed by atoms with Gasteiger partial charge in [-0.3, -0.25) is 10.9 Å². The van der Waals surface area contributed by atoms with Crippen molar-refractivity contribution in [3.05, 3.63) is 148 Å². The Kier molecular flexibility index (Phi) is 16.0. The number of hydrazone groups is 2. The molecule has 12 N–H and O–H groups in total. The van der Waals surface area contributed by atoms with Gasteiger partial charge in [0.05, 0.1) is 5.56 Å². The molecule has 1 aromatic heterocycles. The Hall–Kier alpha value is -7.93. The molecular weight excluding hydrogens is 673 g/mol. The van der Waals surface area contributed by atoms with Crippen LogP contribution in [0.4, 0.5) is 28.4 Å². The lowest BCUT2D eigenvalue weighted by atomic mass is 10.1. The number of nitriles is 1. The van der Waals surface area contributed by atoms with Gasteiger partial charge in [-0.15, -0.1) is 20.4 Å². The first-order valence-corrected chi connectivity index (χ1v) is 14.9. The van der Waals surface area contributed by atoms with Gasteiger partial charge in [0.1, 0.15) is 6.07 Å². The molecular formula is C37H40N14O2. The molecule has 0 saturated heterocycles. The molecule has 0 fully saturated rings. The van der Waals surface area contributed by atoms with E-state index in [4.69, 9.17) is 43.9 Å². The fraction of sp³-hybridized carbons (Fsp3) is 0.0541. The molecule has 0 bridgehead atoms. The van der Waals surface area contributed by atoms with Crippen molar-refractivity contribution >= 4 is 40.1 Å². The number of hydrogen-bond acceptors (Lipinski definition) is 16. The van der Waals surface area contributed by atoms with Crippen LogP contribution in [0.1, 0.15) is 31.5 Å². The van der Waals surface area contributed by atoms with Gasteiger partial charge in [-0.2, -0.15) is 15.5 Å². The van der Waals surface area contributed by atoms with Crippen molar-refractivity contribution in [1.29, 1.82) is 5.26 Å². The molecule has 0 saturated carbocycles. The van der Waals surface area contributed by atoms with Gasteiger partial charge in [-0.05, 0) is 60.7 Å². The summed E-state index contributed by atoms with van der Waals surface area (Å²) >= 11 is 0. The highest BCUT2D eigenvalue weighted by Crippen LogP contribution is 2.24. The lowest BCUT2D eigenvalue weighted by molar-refractivity contribution is 0.877. The first-order valence-electron chi connectivity index (χ1n) is 14.9. The molecule has 53 heavy (non-hydrogen) atoms. The third-order valence-corrected chi connectivity index (χ3v) is 6.94. The Morgan fingerprint density at radius 3 is 0.981 bits per heavy atom. The number of para-hydroxylation sites is 5. The van der Waals surface area contributed by atoms with Crippen LogP contribution in [0.5, 0.6) is 0 Å². The average Bonchev–Trinajstić information content (AvgIpc) is 3.17. The van der Waals surface area contributed by atoms with Crippen LogP contribution in [0.25, 0.3) is 22.8 Å². The fourth-order valence-corrected chi connectivity index (χ4v) is 4.38. The number of nitrogen functional groups attached to an aromatic ring is 5. The predicted molar refractivity (Wildman–Crippen MR) is 214 cm³/mol. The Morgan fingerprint density at radius 2 is 0.717 bits per heavy atom. The van der Waals surface area contributed by atoms with E-state index >= 15 is 0 Å². The Morgan fingerprint density at radius 1 is 0.434 bits per heavy atom. The number of rotatable bonds is 4. The molecule has 1 aliphatic heterocycles. The van der Waals surface area contributed by atoms with E-state index in [1.165, 1.54) is 0 Å². The van der Waals surface area contributed by atoms with Crippen molar-refractivity contribution in [2.75, 3.05) is 28.7 Å².